The maximum Gasteiger partial charge on any atom is 0.255 e. The van der Waals surface area contributed by atoms with E-state index < -0.39 is 0 Å². The van der Waals surface area contributed by atoms with E-state index in [0.29, 0.717) is 5.56 Å². The lowest BCUT2D eigenvalue weighted by atomic mass is 10.2. The fourth-order valence-electron chi connectivity index (χ4n) is 3.31. The normalized spacial score (nSPS) is 14.4. The summed E-state index contributed by atoms with van der Waals surface area (Å²) in [5.41, 5.74) is 4.06. The summed E-state index contributed by atoms with van der Waals surface area (Å²) in [7, 11) is 0. The van der Waals surface area contributed by atoms with Crippen LogP contribution in [0.4, 0.5) is 10.8 Å². The van der Waals surface area contributed by atoms with E-state index >= 15 is 0 Å². The third kappa shape index (κ3) is 2.70. The van der Waals surface area contributed by atoms with Gasteiger partial charge in [0.1, 0.15) is 0 Å². The van der Waals surface area contributed by atoms with Crippen LogP contribution in [0.25, 0.3) is 21.3 Å². The lowest BCUT2D eigenvalue weighted by molar-refractivity contribution is 0.102. The molecule has 130 valence electrons. The van der Waals surface area contributed by atoms with Gasteiger partial charge in [0.05, 0.1) is 27.6 Å². The third-order valence-corrected chi connectivity index (χ3v) is 5.77. The molecular weight excluding hydrogens is 346 g/mol. The van der Waals surface area contributed by atoms with Crippen molar-refractivity contribution in [1.29, 1.82) is 0 Å². The van der Waals surface area contributed by atoms with E-state index in [9.17, 15) is 4.79 Å². The first-order valence-electron chi connectivity index (χ1n) is 8.66. The molecular formula is C19H17N5OS. The van der Waals surface area contributed by atoms with Gasteiger partial charge in [0.25, 0.3) is 5.91 Å². The Bertz CT molecular complexity index is 1110. The van der Waals surface area contributed by atoms with Crippen molar-refractivity contribution in [2.24, 2.45) is 0 Å². The number of nitrogens with zero attached hydrogens (tertiary/aromatic N) is 3. The molecule has 2 N–H and O–H groups in total. The highest BCUT2D eigenvalue weighted by Crippen LogP contribution is 2.32. The third-order valence-electron chi connectivity index (χ3n) is 4.69. The highest BCUT2D eigenvalue weighted by molar-refractivity contribution is 7.22. The molecule has 0 atom stereocenters. The van der Waals surface area contributed by atoms with Gasteiger partial charge >= 0.3 is 0 Å². The lowest BCUT2D eigenvalue weighted by Gasteiger charge is -2.11. The Kier molecular flexibility index (Phi) is 3.60. The standard InChI is InChI=1S/C19H17N5OS/c25-18(12-3-5-14-16(9-12)21-11-20-14)22-13-4-6-15-17(10-13)26-19(23-15)24-7-1-2-8-24/h3-6,9-11H,1-2,7-8H2,(H,20,21)(H,22,25). The van der Waals surface area contributed by atoms with Crippen LogP contribution >= 0.6 is 11.3 Å². The highest BCUT2D eigenvalue weighted by atomic mass is 32.1. The number of hydrogen-bond acceptors (Lipinski definition) is 5. The number of carbonyl (C=O) groups is 1. The van der Waals surface area contributed by atoms with Crippen molar-refractivity contribution < 1.29 is 4.79 Å². The SMILES string of the molecule is O=C(Nc1ccc2nc(N3CCCC3)sc2c1)c1ccc2nc[nH]c2c1. The molecule has 0 spiro atoms. The minimum Gasteiger partial charge on any atom is -0.348 e. The van der Waals surface area contributed by atoms with E-state index in [-0.39, 0.29) is 5.91 Å². The van der Waals surface area contributed by atoms with Gasteiger partial charge in [0, 0.05) is 24.3 Å². The number of thiazole rings is 1. The number of rotatable bonds is 3. The van der Waals surface area contributed by atoms with Crippen LogP contribution in [0, 0.1) is 0 Å². The van der Waals surface area contributed by atoms with Gasteiger partial charge in [0.2, 0.25) is 0 Å². The largest absolute Gasteiger partial charge is 0.348 e. The van der Waals surface area contributed by atoms with Gasteiger partial charge in [-0.05, 0) is 49.2 Å². The summed E-state index contributed by atoms with van der Waals surface area (Å²) in [6.07, 6.45) is 4.10. The lowest BCUT2D eigenvalue weighted by Crippen LogP contribution is -2.16. The maximum atomic E-state index is 12.6. The molecule has 6 nitrogen and oxygen atoms in total. The van der Waals surface area contributed by atoms with E-state index in [0.717, 1.165) is 45.2 Å². The molecule has 0 aliphatic carbocycles. The van der Waals surface area contributed by atoms with Crippen LogP contribution in [0.3, 0.4) is 0 Å². The number of nitrogens with one attached hydrogen (secondary N) is 2. The molecule has 2 aromatic carbocycles. The molecule has 0 bridgehead atoms. The Labute approximate surface area is 153 Å². The van der Waals surface area contributed by atoms with E-state index in [2.05, 4.69) is 20.2 Å². The van der Waals surface area contributed by atoms with Gasteiger partial charge in [-0.1, -0.05) is 11.3 Å². The van der Waals surface area contributed by atoms with Crippen molar-refractivity contribution in [2.45, 2.75) is 12.8 Å². The molecule has 1 fully saturated rings. The van der Waals surface area contributed by atoms with Crippen molar-refractivity contribution in [1.82, 2.24) is 15.0 Å². The molecule has 1 aliphatic heterocycles. The number of anilines is 2. The molecule has 4 aromatic rings. The monoisotopic (exact) mass is 363 g/mol. The maximum absolute atomic E-state index is 12.6. The van der Waals surface area contributed by atoms with Crippen LogP contribution in [0.1, 0.15) is 23.2 Å². The first-order chi connectivity index (χ1) is 12.8. The van der Waals surface area contributed by atoms with E-state index in [1.165, 1.54) is 12.8 Å². The van der Waals surface area contributed by atoms with Crippen molar-refractivity contribution >= 4 is 49.3 Å². The molecule has 26 heavy (non-hydrogen) atoms. The van der Waals surface area contributed by atoms with Crippen molar-refractivity contribution in [3.05, 3.63) is 48.3 Å². The van der Waals surface area contributed by atoms with E-state index in [1.807, 2.05) is 30.3 Å². The Morgan fingerprint density at radius 3 is 2.85 bits per heavy atom. The van der Waals surface area contributed by atoms with Gasteiger partial charge < -0.3 is 15.2 Å². The first-order valence-corrected chi connectivity index (χ1v) is 9.48. The summed E-state index contributed by atoms with van der Waals surface area (Å²) >= 11 is 1.68. The van der Waals surface area contributed by atoms with Gasteiger partial charge in [0.15, 0.2) is 5.13 Å². The minimum absolute atomic E-state index is 0.134. The molecule has 7 heteroatoms. The topological polar surface area (TPSA) is 73.9 Å². The molecule has 1 aliphatic rings. The van der Waals surface area contributed by atoms with Gasteiger partial charge in [-0.3, -0.25) is 4.79 Å². The molecule has 1 saturated heterocycles. The average Bonchev–Trinajstić information content (AvgIpc) is 3.39. The number of fused-ring (bicyclic) bond motifs is 2. The fraction of sp³-hybridized carbons (Fsp3) is 0.211. The fourth-order valence-corrected chi connectivity index (χ4v) is 4.37. The number of aromatic nitrogens is 3. The first kappa shape index (κ1) is 15.3. The molecule has 0 unspecified atom stereocenters. The van der Waals surface area contributed by atoms with E-state index in [4.69, 9.17) is 4.98 Å². The van der Waals surface area contributed by atoms with Gasteiger partial charge in [-0.15, -0.1) is 0 Å². The van der Waals surface area contributed by atoms with E-state index in [1.54, 1.807) is 23.7 Å². The second kappa shape index (κ2) is 6.10. The average molecular weight is 363 g/mol. The van der Waals surface area contributed by atoms with Crippen LogP contribution in [-0.4, -0.2) is 33.9 Å². The Morgan fingerprint density at radius 1 is 1.12 bits per heavy atom. The molecule has 0 radical (unpaired) electrons. The molecule has 0 saturated carbocycles. The van der Waals surface area contributed by atoms with Gasteiger partial charge in [-0.25, -0.2) is 9.97 Å². The minimum atomic E-state index is -0.134. The van der Waals surface area contributed by atoms with Crippen LogP contribution in [0.15, 0.2) is 42.7 Å². The number of hydrogen-bond donors (Lipinski definition) is 2. The summed E-state index contributed by atoms with van der Waals surface area (Å²) in [6.45, 7) is 2.17. The molecule has 2 aromatic heterocycles. The number of imidazole rings is 1. The summed E-state index contributed by atoms with van der Waals surface area (Å²) in [5, 5.41) is 4.05. The predicted molar refractivity (Wildman–Crippen MR) is 105 cm³/mol. The second-order valence-electron chi connectivity index (χ2n) is 6.46. The summed E-state index contributed by atoms with van der Waals surface area (Å²) < 4.78 is 1.09. The van der Waals surface area contributed by atoms with Crippen molar-refractivity contribution in [3.8, 4) is 0 Å². The smallest absolute Gasteiger partial charge is 0.255 e. The zero-order valence-corrected chi connectivity index (χ0v) is 14.8. The van der Waals surface area contributed by atoms with Crippen LogP contribution in [0.5, 0.6) is 0 Å². The number of amides is 1. The highest BCUT2D eigenvalue weighted by Gasteiger charge is 2.16. The summed E-state index contributed by atoms with van der Waals surface area (Å²) in [6, 6.07) is 11.3. The Hall–Kier alpha value is -2.93. The Morgan fingerprint density at radius 2 is 1.96 bits per heavy atom. The quantitative estimate of drug-likeness (QED) is 0.576. The molecule has 3 heterocycles. The number of aromatic amines is 1. The van der Waals surface area contributed by atoms with Crippen molar-refractivity contribution in [3.63, 3.8) is 0 Å². The van der Waals surface area contributed by atoms with Crippen LogP contribution < -0.4 is 10.2 Å². The Balaban J connectivity index is 1.40. The molecule has 5 rings (SSSR count). The summed E-state index contributed by atoms with van der Waals surface area (Å²) in [4.78, 5) is 26.8. The van der Waals surface area contributed by atoms with Crippen molar-refractivity contribution in [2.75, 3.05) is 23.3 Å². The van der Waals surface area contributed by atoms with Crippen LogP contribution in [-0.2, 0) is 0 Å². The van der Waals surface area contributed by atoms with Crippen LogP contribution in [0.2, 0.25) is 0 Å². The summed E-state index contributed by atoms with van der Waals surface area (Å²) in [5.74, 6) is -0.134. The second-order valence-corrected chi connectivity index (χ2v) is 7.47. The number of carbonyl (C=O) groups excluding carboxylic acids is 1. The predicted octanol–water partition coefficient (Wildman–Crippen LogP) is 4.03. The van der Waals surface area contributed by atoms with Gasteiger partial charge in [-0.2, -0.15) is 0 Å². The zero-order chi connectivity index (χ0) is 17.5. The zero-order valence-electron chi connectivity index (χ0n) is 14.0. The number of benzene rings is 2. The molecule has 1 amide bonds. The number of H-pyrrole nitrogens is 1.